The van der Waals surface area contributed by atoms with Gasteiger partial charge in [0.25, 0.3) is 5.91 Å². The van der Waals surface area contributed by atoms with Crippen molar-refractivity contribution in [1.82, 2.24) is 19.7 Å². The van der Waals surface area contributed by atoms with E-state index < -0.39 is 0 Å². The number of ether oxygens (including phenoxy) is 1. The third-order valence-electron chi connectivity index (χ3n) is 5.23. The number of hydrogen-bond donors (Lipinski definition) is 0. The van der Waals surface area contributed by atoms with E-state index in [-0.39, 0.29) is 17.6 Å². The molecule has 0 N–H and O–H groups in total. The van der Waals surface area contributed by atoms with Crippen LogP contribution in [0.5, 0.6) is 0 Å². The Hall–Kier alpha value is -2.21. The quantitative estimate of drug-likeness (QED) is 0.859. The molecule has 0 unspecified atom stereocenters. The summed E-state index contributed by atoms with van der Waals surface area (Å²) < 4.78 is 7.41. The number of aryl methyl sites for hydroxylation is 1. The summed E-state index contributed by atoms with van der Waals surface area (Å²) in [6, 6.07) is 7.87. The fourth-order valence-electron chi connectivity index (χ4n) is 3.81. The van der Waals surface area contributed by atoms with E-state index in [1.54, 1.807) is 13.4 Å². The van der Waals surface area contributed by atoms with Crippen LogP contribution in [0, 0.1) is 0 Å². The number of hydrogen-bond acceptors (Lipinski definition) is 4. The number of carbonyl (C=O) groups is 1. The van der Waals surface area contributed by atoms with Crippen LogP contribution in [-0.4, -0.2) is 44.3 Å². The first-order chi connectivity index (χ1) is 11.1. The van der Waals surface area contributed by atoms with Gasteiger partial charge in [-0.15, -0.1) is 10.2 Å². The maximum Gasteiger partial charge on any atom is 0.254 e. The second kappa shape index (κ2) is 5.16. The Morgan fingerprint density at radius 1 is 1.35 bits per heavy atom. The first-order valence-corrected chi connectivity index (χ1v) is 7.88. The summed E-state index contributed by atoms with van der Waals surface area (Å²) in [6.45, 7) is 0.670. The maximum absolute atomic E-state index is 12.9. The van der Waals surface area contributed by atoms with Crippen molar-refractivity contribution in [3.05, 3.63) is 47.5 Å². The molecule has 1 saturated carbocycles. The molecule has 0 saturated heterocycles. The maximum atomic E-state index is 12.9. The molecule has 1 amide bonds. The number of methoxy groups -OCH3 is 1. The predicted octanol–water partition coefficient (Wildman–Crippen LogP) is 1.56. The van der Waals surface area contributed by atoms with Crippen LogP contribution >= 0.6 is 0 Å². The molecule has 120 valence electrons. The van der Waals surface area contributed by atoms with Crippen molar-refractivity contribution in [2.75, 3.05) is 7.11 Å². The average Bonchev–Trinajstić information content (AvgIpc) is 3.07. The summed E-state index contributed by atoms with van der Waals surface area (Å²) >= 11 is 0. The third kappa shape index (κ3) is 2.16. The molecular weight excluding hydrogens is 292 g/mol. The van der Waals surface area contributed by atoms with Gasteiger partial charge in [-0.2, -0.15) is 0 Å². The van der Waals surface area contributed by atoms with Crippen LogP contribution in [0.25, 0.3) is 0 Å². The van der Waals surface area contributed by atoms with Crippen LogP contribution < -0.4 is 0 Å². The van der Waals surface area contributed by atoms with Gasteiger partial charge in [0.2, 0.25) is 0 Å². The molecule has 23 heavy (non-hydrogen) atoms. The molecule has 1 aliphatic heterocycles. The van der Waals surface area contributed by atoms with Gasteiger partial charge in [-0.05, 0) is 24.5 Å². The van der Waals surface area contributed by atoms with Gasteiger partial charge in [-0.1, -0.05) is 18.2 Å². The molecule has 1 aromatic heterocycles. The van der Waals surface area contributed by atoms with Crippen LogP contribution in [0.3, 0.4) is 0 Å². The second-order valence-electron chi connectivity index (χ2n) is 6.57. The Morgan fingerprint density at radius 2 is 2.13 bits per heavy atom. The molecule has 2 aliphatic rings. The lowest BCUT2D eigenvalue weighted by molar-refractivity contribution is -0.0798. The van der Waals surface area contributed by atoms with Crippen LogP contribution in [-0.2, 0) is 24.8 Å². The van der Waals surface area contributed by atoms with Gasteiger partial charge in [-0.25, -0.2) is 0 Å². The summed E-state index contributed by atoms with van der Waals surface area (Å²) in [7, 11) is 3.67. The molecule has 1 aliphatic carbocycles. The van der Waals surface area contributed by atoms with Crippen molar-refractivity contribution < 1.29 is 9.53 Å². The number of amides is 1. The van der Waals surface area contributed by atoms with E-state index in [1.165, 1.54) is 0 Å². The molecular formula is C17H20N4O2. The minimum absolute atomic E-state index is 0.123. The predicted molar refractivity (Wildman–Crippen MR) is 83.8 cm³/mol. The Morgan fingerprint density at radius 3 is 2.78 bits per heavy atom. The summed E-state index contributed by atoms with van der Waals surface area (Å²) in [5, 5.41) is 8.18. The second-order valence-corrected chi connectivity index (χ2v) is 6.57. The van der Waals surface area contributed by atoms with Gasteiger partial charge in [0, 0.05) is 32.7 Å². The molecule has 6 heteroatoms. The van der Waals surface area contributed by atoms with Crippen molar-refractivity contribution in [1.29, 1.82) is 0 Å². The minimum Gasteiger partial charge on any atom is -0.381 e. The highest BCUT2D eigenvalue weighted by Gasteiger charge is 2.53. The van der Waals surface area contributed by atoms with Crippen LogP contribution in [0.4, 0.5) is 0 Å². The Kier molecular flexibility index (Phi) is 3.23. The Labute approximate surface area is 135 Å². The van der Waals surface area contributed by atoms with Gasteiger partial charge in [0.1, 0.15) is 12.2 Å². The van der Waals surface area contributed by atoms with E-state index in [2.05, 4.69) is 10.2 Å². The van der Waals surface area contributed by atoms with E-state index >= 15 is 0 Å². The number of fused-ring (bicyclic) bond motifs is 1. The molecule has 6 nitrogen and oxygen atoms in total. The van der Waals surface area contributed by atoms with Crippen molar-refractivity contribution >= 4 is 5.91 Å². The minimum atomic E-state index is -0.225. The van der Waals surface area contributed by atoms with E-state index in [9.17, 15) is 4.79 Å². The molecule has 0 bridgehead atoms. The zero-order valence-electron chi connectivity index (χ0n) is 13.4. The number of rotatable bonds is 4. The molecule has 2 heterocycles. The fraction of sp³-hybridized carbons (Fsp3) is 0.471. The highest BCUT2D eigenvalue weighted by atomic mass is 16.5. The molecule has 0 radical (unpaired) electrons. The summed E-state index contributed by atoms with van der Waals surface area (Å²) in [6.07, 6.45) is 4.31. The smallest absolute Gasteiger partial charge is 0.254 e. The fourth-order valence-corrected chi connectivity index (χ4v) is 3.81. The molecule has 1 aromatic carbocycles. The van der Waals surface area contributed by atoms with Gasteiger partial charge < -0.3 is 14.2 Å². The molecule has 2 aromatic rings. The van der Waals surface area contributed by atoms with E-state index in [0.717, 1.165) is 29.8 Å². The van der Waals surface area contributed by atoms with Gasteiger partial charge in [0.05, 0.1) is 11.6 Å². The lowest BCUT2D eigenvalue weighted by Gasteiger charge is -2.52. The first-order valence-electron chi connectivity index (χ1n) is 7.88. The Bertz CT molecular complexity index is 749. The summed E-state index contributed by atoms with van der Waals surface area (Å²) in [5.74, 6) is 1.03. The van der Waals surface area contributed by atoms with Crippen molar-refractivity contribution in [3.8, 4) is 0 Å². The number of aromatic nitrogens is 3. The lowest BCUT2D eigenvalue weighted by atomic mass is 9.70. The van der Waals surface area contributed by atoms with Gasteiger partial charge >= 0.3 is 0 Å². The topological polar surface area (TPSA) is 60.3 Å². The van der Waals surface area contributed by atoms with Gasteiger partial charge in [-0.3, -0.25) is 4.79 Å². The first kappa shape index (κ1) is 14.4. The zero-order valence-corrected chi connectivity index (χ0v) is 13.4. The normalized spacial score (nSPS) is 26.3. The summed E-state index contributed by atoms with van der Waals surface area (Å²) in [4.78, 5) is 14.9. The van der Waals surface area contributed by atoms with E-state index in [4.69, 9.17) is 4.74 Å². The van der Waals surface area contributed by atoms with E-state index in [0.29, 0.717) is 13.0 Å². The average molecular weight is 312 g/mol. The Balaban J connectivity index is 1.65. The molecule has 1 fully saturated rings. The molecule has 0 spiro atoms. The zero-order chi connectivity index (χ0) is 16.0. The van der Waals surface area contributed by atoms with Crippen molar-refractivity contribution in [3.63, 3.8) is 0 Å². The number of nitrogens with zero attached hydrogens (tertiary/aromatic N) is 4. The van der Waals surface area contributed by atoms with Crippen molar-refractivity contribution in [2.24, 2.45) is 7.05 Å². The highest BCUT2D eigenvalue weighted by molar-refractivity contribution is 5.98. The lowest BCUT2D eigenvalue weighted by Crippen LogP contribution is -2.61. The molecule has 4 rings (SSSR count). The standard InChI is InChI=1S/C17H20N4O2/c1-20-11-18-19-15(20)9-17(7-13(8-17)23-2)21-10-12-5-3-4-6-14(12)16(21)22/h3-6,11,13H,7-10H2,1-2H3. The van der Waals surface area contributed by atoms with Gasteiger partial charge in [0.15, 0.2) is 0 Å². The SMILES string of the molecule is COC1CC(Cc2nncn2C)(N2Cc3ccccc3C2=O)C1. The van der Waals surface area contributed by atoms with Crippen molar-refractivity contribution in [2.45, 2.75) is 37.5 Å². The monoisotopic (exact) mass is 312 g/mol. The van der Waals surface area contributed by atoms with Crippen LogP contribution in [0.2, 0.25) is 0 Å². The van der Waals surface area contributed by atoms with E-state index in [1.807, 2.05) is 40.8 Å². The number of carbonyl (C=O) groups excluding carboxylic acids is 1. The largest absolute Gasteiger partial charge is 0.381 e. The highest BCUT2D eigenvalue weighted by Crippen LogP contribution is 2.45. The summed E-state index contributed by atoms with van der Waals surface area (Å²) in [5.41, 5.74) is 1.71. The third-order valence-corrected chi connectivity index (χ3v) is 5.23. The van der Waals surface area contributed by atoms with Crippen LogP contribution in [0.1, 0.15) is 34.6 Å². The number of benzene rings is 1. The molecule has 0 atom stereocenters. The van der Waals surface area contributed by atoms with Crippen LogP contribution in [0.15, 0.2) is 30.6 Å².